The van der Waals surface area contributed by atoms with E-state index in [1.54, 1.807) is 6.20 Å². The molecule has 0 saturated carbocycles. The normalized spacial score (nSPS) is 18.4. The predicted molar refractivity (Wildman–Crippen MR) is 93.1 cm³/mol. The molecule has 0 bridgehead atoms. The summed E-state index contributed by atoms with van der Waals surface area (Å²) in [5.74, 6) is 0.578. The van der Waals surface area contributed by atoms with E-state index in [-0.39, 0.29) is 11.9 Å². The molecule has 1 aliphatic heterocycles. The molecule has 1 saturated heterocycles. The predicted octanol–water partition coefficient (Wildman–Crippen LogP) is 2.68. The fourth-order valence-corrected chi connectivity index (χ4v) is 3.12. The lowest BCUT2D eigenvalue weighted by Gasteiger charge is -2.26. The minimum absolute atomic E-state index is 0.157. The van der Waals surface area contributed by atoms with Crippen molar-refractivity contribution in [2.45, 2.75) is 65.0 Å². The summed E-state index contributed by atoms with van der Waals surface area (Å²) in [6.07, 6.45) is 12.7. The molecule has 130 valence electrons. The fraction of sp³-hybridized carbons (Fsp3) is 0.778. The molecule has 0 radical (unpaired) electrons. The number of hydrogen-bond acceptors (Lipinski definition) is 3. The van der Waals surface area contributed by atoms with Crippen LogP contribution in [0.5, 0.6) is 0 Å². The molecule has 1 N–H and O–H groups in total. The first-order valence-electron chi connectivity index (χ1n) is 9.12. The van der Waals surface area contributed by atoms with Crippen LogP contribution in [-0.4, -0.2) is 46.0 Å². The second-order valence-corrected chi connectivity index (χ2v) is 7.04. The number of carbonyl (C=O) groups is 1. The lowest BCUT2D eigenvalue weighted by Crippen LogP contribution is -2.42. The van der Waals surface area contributed by atoms with Crippen LogP contribution in [0.25, 0.3) is 0 Å². The molecule has 2 rings (SSSR count). The summed E-state index contributed by atoms with van der Waals surface area (Å²) < 4.78 is 2.03. The van der Waals surface area contributed by atoms with Crippen LogP contribution in [0, 0.1) is 5.92 Å². The highest BCUT2D eigenvalue weighted by molar-refractivity contribution is 5.76. The Morgan fingerprint density at radius 2 is 1.87 bits per heavy atom. The number of aromatic nitrogens is 2. The molecular weight excluding hydrogens is 288 g/mol. The maximum atomic E-state index is 12.3. The van der Waals surface area contributed by atoms with Crippen molar-refractivity contribution in [3.8, 4) is 0 Å². The van der Waals surface area contributed by atoms with Gasteiger partial charge in [-0.3, -0.25) is 4.79 Å². The molecule has 1 aromatic rings. The monoisotopic (exact) mass is 320 g/mol. The Hall–Kier alpha value is -1.36. The highest BCUT2D eigenvalue weighted by Gasteiger charge is 2.17. The third-order valence-electron chi connectivity index (χ3n) is 4.72. The lowest BCUT2D eigenvalue weighted by molar-refractivity contribution is -0.122. The van der Waals surface area contributed by atoms with Crippen LogP contribution in [0.2, 0.25) is 0 Å². The van der Waals surface area contributed by atoms with E-state index >= 15 is 0 Å². The first-order chi connectivity index (χ1) is 11.1. The number of nitrogens with one attached hydrogen (secondary N) is 1. The molecule has 1 fully saturated rings. The van der Waals surface area contributed by atoms with Crippen molar-refractivity contribution in [2.75, 3.05) is 19.6 Å². The largest absolute Gasteiger partial charge is 0.351 e. The number of rotatable bonds is 7. The Morgan fingerprint density at radius 3 is 2.48 bits per heavy atom. The summed E-state index contributed by atoms with van der Waals surface area (Å²) in [7, 11) is 0. The molecule has 0 unspecified atom stereocenters. The molecule has 5 nitrogen and oxygen atoms in total. The average molecular weight is 320 g/mol. The van der Waals surface area contributed by atoms with Gasteiger partial charge in [0.05, 0.1) is 6.33 Å². The summed E-state index contributed by atoms with van der Waals surface area (Å²) in [5, 5.41) is 3.21. The zero-order valence-electron chi connectivity index (χ0n) is 14.7. The van der Waals surface area contributed by atoms with Gasteiger partial charge < -0.3 is 14.8 Å². The number of amides is 1. The van der Waals surface area contributed by atoms with Gasteiger partial charge in [0.15, 0.2) is 0 Å². The Labute approximate surface area is 140 Å². The van der Waals surface area contributed by atoms with Crippen molar-refractivity contribution in [1.82, 2.24) is 19.8 Å². The van der Waals surface area contributed by atoms with Crippen LogP contribution in [0.15, 0.2) is 18.7 Å². The van der Waals surface area contributed by atoms with E-state index in [2.05, 4.69) is 29.0 Å². The highest BCUT2D eigenvalue weighted by atomic mass is 16.1. The lowest BCUT2D eigenvalue weighted by atomic mass is 10.0. The van der Waals surface area contributed by atoms with Gasteiger partial charge in [-0.05, 0) is 31.8 Å². The van der Waals surface area contributed by atoms with Gasteiger partial charge in [0.1, 0.15) is 0 Å². The SMILES string of the molecule is CC(C)[C@@H](Cn1ccnc1)NC(=O)CCN1CCCCCCC1. The van der Waals surface area contributed by atoms with Crippen molar-refractivity contribution < 1.29 is 4.79 Å². The first kappa shape index (κ1) is 18.0. The zero-order chi connectivity index (χ0) is 16.5. The average Bonchev–Trinajstić information content (AvgIpc) is 2.98. The summed E-state index contributed by atoms with van der Waals surface area (Å²) in [5.41, 5.74) is 0. The topological polar surface area (TPSA) is 50.2 Å². The molecule has 0 spiro atoms. The van der Waals surface area contributed by atoms with Crippen LogP contribution in [0.1, 0.15) is 52.4 Å². The van der Waals surface area contributed by atoms with Crippen LogP contribution in [0.4, 0.5) is 0 Å². The number of hydrogen-bond donors (Lipinski definition) is 1. The second-order valence-electron chi connectivity index (χ2n) is 7.04. The Bertz CT molecular complexity index is 436. The second kappa shape index (κ2) is 9.71. The zero-order valence-corrected chi connectivity index (χ0v) is 14.7. The molecule has 23 heavy (non-hydrogen) atoms. The minimum atomic E-state index is 0.157. The van der Waals surface area contributed by atoms with Crippen LogP contribution in [0.3, 0.4) is 0 Å². The summed E-state index contributed by atoms with van der Waals surface area (Å²) in [6.45, 7) is 8.28. The van der Waals surface area contributed by atoms with Gasteiger partial charge in [0.25, 0.3) is 0 Å². The summed E-state index contributed by atoms with van der Waals surface area (Å²) in [6, 6.07) is 0.157. The van der Waals surface area contributed by atoms with E-state index in [1.807, 2.05) is 17.1 Å². The number of imidazole rings is 1. The van der Waals surface area contributed by atoms with Gasteiger partial charge in [-0.25, -0.2) is 4.98 Å². The van der Waals surface area contributed by atoms with Crippen LogP contribution < -0.4 is 5.32 Å². The van der Waals surface area contributed by atoms with E-state index in [4.69, 9.17) is 0 Å². The quantitative estimate of drug-likeness (QED) is 0.840. The van der Waals surface area contributed by atoms with E-state index in [0.717, 1.165) is 26.2 Å². The Morgan fingerprint density at radius 1 is 1.17 bits per heavy atom. The first-order valence-corrected chi connectivity index (χ1v) is 9.12. The smallest absolute Gasteiger partial charge is 0.221 e. The Kier molecular flexibility index (Phi) is 7.59. The summed E-state index contributed by atoms with van der Waals surface area (Å²) in [4.78, 5) is 18.8. The van der Waals surface area contributed by atoms with Gasteiger partial charge >= 0.3 is 0 Å². The maximum Gasteiger partial charge on any atom is 0.221 e. The minimum Gasteiger partial charge on any atom is -0.351 e. The molecule has 0 aliphatic carbocycles. The van der Waals surface area contributed by atoms with Crippen molar-refractivity contribution >= 4 is 5.91 Å². The standard InChI is InChI=1S/C18H32N4O/c1-16(2)17(14-22-13-9-19-15-22)20-18(23)8-12-21-10-6-4-3-5-7-11-21/h9,13,15-17H,3-8,10-12,14H2,1-2H3,(H,20,23)/t17-/m1/s1. The van der Waals surface area contributed by atoms with Gasteiger partial charge in [-0.2, -0.15) is 0 Å². The van der Waals surface area contributed by atoms with Crippen molar-refractivity contribution in [1.29, 1.82) is 0 Å². The van der Waals surface area contributed by atoms with E-state index < -0.39 is 0 Å². The molecule has 5 heteroatoms. The summed E-state index contributed by atoms with van der Waals surface area (Å²) >= 11 is 0. The highest BCUT2D eigenvalue weighted by Crippen LogP contribution is 2.11. The fourth-order valence-electron chi connectivity index (χ4n) is 3.12. The van der Waals surface area contributed by atoms with Crippen LogP contribution >= 0.6 is 0 Å². The van der Waals surface area contributed by atoms with E-state index in [9.17, 15) is 4.79 Å². The molecule has 1 amide bonds. The molecular formula is C18H32N4O. The molecule has 0 aromatic carbocycles. The third kappa shape index (κ3) is 6.73. The van der Waals surface area contributed by atoms with E-state index in [1.165, 1.54) is 32.1 Å². The van der Waals surface area contributed by atoms with Gasteiger partial charge in [0, 0.05) is 37.9 Å². The van der Waals surface area contributed by atoms with Gasteiger partial charge in [-0.1, -0.05) is 33.1 Å². The van der Waals surface area contributed by atoms with Gasteiger partial charge in [0.2, 0.25) is 5.91 Å². The van der Waals surface area contributed by atoms with Crippen molar-refractivity contribution in [3.05, 3.63) is 18.7 Å². The maximum absolute atomic E-state index is 12.3. The van der Waals surface area contributed by atoms with Crippen LogP contribution in [-0.2, 0) is 11.3 Å². The van der Waals surface area contributed by atoms with Gasteiger partial charge in [-0.15, -0.1) is 0 Å². The molecule has 1 aromatic heterocycles. The van der Waals surface area contributed by atoms with E-state index in [0.29, 0.717) is 12.3 Å². The molecule has 2 heterocycles. The number of likely N-dealkylation sites (tertiary alicyclic amines) is 1. The number of nitrogens with zero attached hydrogens (tertiary/aromatic N) is 3. The number of carbonyl (C=O) groups excluding carboxylic acids is 1. The van der Waals surface area contributed by atoms with Crippen molar-refractivity contribution in [3.63, 3.8) is 0 Å². The molecule has 1 atom stereocenters. The Balaban J connectivity index is 1.74. The van der Waals surface area contributed by atoms with Crippen molar-refractivity contribution in [2.24, 2.45) is 5.92 Å². The third-order valence-corrected chi connectivity index (χ3v) is 4.72. The molecule has 1 aliphatic rings.